The van der Waals surface area contributed by atoms with Crippen LogP contribution in [-0.2, 0) is 4.79 Å². The van der Waals surface area contributed by atoms with Gasteiger partial charge in [0, 0.05) is 24.7 Å². The van der Waals surface area contributed by atoms with E-state index in [4.69, 9.17) is 0 Å². The van der Waals surface area contributed by atoms with Gasteiger partial charge in [-0.2, -0.15) is 0 Å². The first-order valence-electron chi connectivity index (χ1n) is 6.95. The molecule has 0 aromatic heterocycles. The normalized spacial score (nSPS) is 20.0. The van der Waals surface area contributed by atoms with Crippen LogP contribution in [0.4, 0.5) is 5.69 Å². The van der Waals surface area contributed by atoms with Gasteiger partial charge in [-0.25, -0.2) is 0 Å². The molecule has 3 heteroatoms. The summed E-state index contributed by atoms with van der Waals surface area (Å²) in [6, 6.07) is 8.77. The summed E-state index contributed by atoms with van der Waals surface area (Å²) < 4.78 is 0. The van der Waals surface area contributed by atoms with Crippen LogP contribution in [0.25, 0.3) is 0 Å². The van der Waals surface area contributed by atoms with E-state index >= 15 is 0 Å². The maximum atomic E-state index is 11.1. The summed E-state index contributed by atoms with van der Waals surface area (Å²) in [6.45, 7) is 3.69. The lowest BCUT2D eigenvalue weighted by molar-refractivity contribution is -0.114. The van der Waals surface area contributed by atoms with Crippen LogP contribution in [0.2, 0.25) is 0 Å². The van der Waals surface area contributed by atoms with Crippen LogP contribution in [0.5, 0.6) is 0 Å². The molecule has 1 aromatic carbocycles. The highest BCUT2D eigenvalue weighted by Crippen LogP contribution is 2.20. The van der Waals surface area contributed by atoms with Crippen LogP contribution in [0.15, 0.2) is 36.4 Å². The number of carbonyl (C=O) groups is 1. The molecule has 2 atom stereocenters. The number of carbonyl (C=O) groups excluding carboxylic acids is 1. The molecule has 1 aliphatic rings. The lowest BCUT2D eigenvalue weighted by Gasteiger charge is -2.23. The van der Waals surface area contributed by atoms with Crippen molar-refractivity contribution in [3.05, 3.63) is 42.0 Å². The zero-order valence-electron chi connectivity index (χ0n) is 11.6. The average Bonchev–Trinajstić information content (AvgIpc) is 2.39. The van der Waals surface area contributed by atoms with Gasteiger partial charge in [-0.05, 0) is 43.9 Å². The largest absolute Gasteiger partial charge is 0.326 e. The van der Waals surface area contributed by atoms with Gasteiger partial charge in [-0.3, -0.25) is 4.79 Å². The number of amides is 1. The number of allylic oxidation sites excluding steroid dienone is 1. The molecule has 0 saturated heterocycles. The van der Waals surface area contributed by atoms with E-state index in [1.165, 1.54) is 31.7 Å². The topological polar surface area (TPSA) is 41.1 Å². The molecule has 1 aromatic rings. The molecular formula is C16H22N2O. The molecule has 0 heterocycles. The van der Waals surface area contributed by atoms with Crippen LogP contribution >= 0.6 is 0 Å². The summed E-state index contributed by atoms with van der Waals surface area (Å²) in [5.74, 6) is -0.0343. The number of benzene rings is 1. The Balaban J connectivity index is 2.01. The summed E-state index contributed by atoms with van der Waals surface area (Å²) in [5, 5.41) is 6.44. The first-order valence-corrected chi connectivity index (χ1v) is 6.95. The fourth-order valence-electron chi connectivity index (χ4n) is 2.46. The fourth-order valence-corrected chi connectivity index (χ4v) is 2.46. The fraction of sp³-hybridized carbons (Fsp3) is 0.438. The van der Waals surface area contributed by atoms with Gasteiger partial charge in [0.2, 0.25) is 5.91 Å². The van der Waals surface area contributed by atoms with Crippen LogP contribution in [-0.4, -0.2) is 11.9 Å². The molecule has 3 nitrogen and oxygen atoms in total. The molecule has 0 aliphatic heterocycles. The Morgan fingerprint density at radius 1 is 1.42 bits per heavy atom. The molecule has 0 bridgehead atoms. The monoisotopic (exact) mass is 258 g/mol. The van der Waals surface area contributed by atoms with Gasteiger partial charge in [-0.15, -0.1) is 0 Å². The van der Waals surface area contributed by atoms with Crippen molar-refractivity contribution >= 4 is 11.6 Å². The molecular weight excluding hydrogens is 236 g/mol. The summed E-state index contributed by atoms with van der Waals surface area (Å²) in [7, 11) is 0. The van der Waals surface area contributed by atoms with Crippen molar-refractivity contribution in [2.24, 2.45) is 0 Å². The van der Waals surface area contributed by atoms with Gasteiger partial charge in [0.05, 0.1) is 0 Å². The minimum absolute atomic E-state index is 0.0343. The summed E-state index contributed by atoms with van der Waals surface area (Å²) in [5.41, 5.74) is 2.06. The maximum Gasteiger partial charge on any atom is 0.221 e. The molecule has 0 saturated carbocycles. The van der Waals surface area contributed by atoms with Gasteiger partial charge < -0.3 is 10.6 Å². The second-order valence-corrected chi connectivity index (χ2v) is 5.16. The van der Waals surface area contributed by atoms with E-state index in [1.807, 2.05) is 18.2 Å². The minimum atomic E-state index is -0.0343. The molecule has 1 amide bonds. The maximum absolute atomic E-state index is 11.1. The van der Waals surface area contributed by atoms with E-state index in [0.717, 1.165) is 5.69 Å². The van der Waals surface area contributed by atoms with Crippen molar-refractivity contribution in [1.29, 1.82) is 0 Å². The molecule has 0 fully saturated rings. The van der Waals surface area contributed by atoms with Gasteiger partial charge in [0.1, 0.15) is 0 Å². The molecule has 2 unspecified atom stereocenters. The first-order chi connectivity index (χ1) is 9.15. The highest BCUT2D eigenvalue weighted by Gasteiger charge is 2.13. The highest BCUT2D eigenvalue weighted by molar-refractivity contribution is 5.88. The third kappa shape index (κ3) is 4.21. The molecule has 2 rings (SSSR count). The van der Waals surface area contributed by atoms with Crippen LogP contribution < -0.4 is 10.6 Å². The minimum Gasteiger partial charge on any atom is -0.326 e. The Morgan fingerprint density at radius 2 is 2.26 bits per heavy atom. The van der Waals surface area contributed by atoms with Gasteiger partial charge in [0.25, 0.3) is 0 Å². The molecule has 2 N–H and O–H groups in total. The number of anilines is 1. The van der Waals surface area contributed by atoms with Crippen molar-refractivity contribution < 1.29 is 4.79 Å². The van der Waals surface area contributed by atoms with Crippen LogP contribution in [0.3, 0.4) is 0 Å². The predicted molar refractivity (Wildman–Crippen MR) is 79.1 cm³/mol. The quantitative estimate of drug-likeness (QED) is 0.813. The van der Waals surface area contributed by atoms with Crippen LogP contribution in [0.1, 0.15) is 44.7 Å². The summed E-state index contributed by atoms with van der Waals surface area (Å²) in [6.07, 6.45) is 8.17. The second kappa shape index (κ2) is 6.53. The van der Waals surface area contributed by atoms with Crippen molar-refractivity contribution in [2.45, 2.75) is 45.2 Å². The van der Waals surface area contributed by atoms with E-state index in [9.17, 15) is 4.79 Å². The lowest BCUT2D eigenvalue weighted by Crippen LogP contribution is -2.31. The average molecular weight is 258 g/mol. The zero-order chi connectivity index (χ0) is 13.7. The van der Waals surface area contributed by atoms with Gasteiger partial charge in [0.15, 0.2) is 0 Å². The number of rotatable bonds is 4. The predicted octanol–water partition coefficient (Wildman–Crippen LogP) is 3.40. The van der Waals surface area contributed by atoms with E-state index in [2.05, 4.69) is 35.8 Å². The SMILES string of the molecule is CC(=O)Nc1cccc(C(C)NC2C=CCCC2)c1. The van der Waals surface area contributed by atoms with E-state index in [1.54, 1.807) is 0 Å². The summed E-state index contributed by atoms with van der Waals surface area (Å²) >= 11 is 0. The number of nitrogens with one attached hydrogen (secondary N) is 2. The van der Waals surface area contributed by atoms with Crippen molar-refractivity contribution in [3.8, 4) is 0 Å². The molecule has 1 aliphatic carbocycles. The number of hydrogen-bond acceptors (Lipinski definition) is 2. The molecule has 0 radical (unpaired) electrons. The Kier molecular flexibility index (Phi) is 4.74. The number of hydrogen-bond donors (Lipinski definition) is 2. The first kappa shape index (κ1) is 13.8. The van der Waals surface area contributed by atoms with Crippen molar-refractivity contribution in [1.82, 2.24) is 5.32 Å². The van der Waals surface area contributed by atoms with E-state index < -0.39 is 0 Å². The van der Waals surface area contributed by atoms with Crippen molar-refractivity contribution in [2.75, 3.05) is 5.32 Å². The van der Waals surface area contributed by atoms with Gasteiger partial charge in [-0.1, -0.05) is 24.3 Å². The Labute approximate surface area is 115 Å². The van der Waals surface area contributed by atoms with E-state index in [-0.39, 0.29) is 11.9 Å². The Bertz CT molecular complexity index is 468. The van der Waals surface area contributed by atoms with E-state index in [0.29, 0.717) is 6.04 Å². The lowest BCUT2D eigenvalue weighted by atomic mass is 10.0. The Hall–Kier alpha value is -1.61. The highest BCUT2D eigenvalue weighted by atomic mass is 16.1. The molecule has 0 spiro atoms. The van der Waals surface area contributed by atoms with Crippen LogP contribution in [0, 0.1) is 0 Å². The Morgan fingerprint density at radius 3 is 2.95 bits per heavy atom. The third-order valence-electron chi connectivity index (χ3n) is 3.43. The second-order valence-electron chi connectivity index (χ2n) is 5.16. The van der Waals surface area contributed by atoms with Crippen molar-refractivity contribution in [3.63, 3.8) is 0 Å². The van der Waals surface area contributed by atoms with Gasteiger partial charge >= 0.3 is 0 Å². The third-order valence-corrected chi connectivity index (χ3v) is 3.43. The summed E-state index contributed by atoms with van der Waals surface area (Å²) in [4.78, 5) is 11.1. The molecule has 102 valence electrons. The molecule has 19 heavy (non-hydrogen) atoms. The standard InChI is InChI=1S/C16H22N2O/c1-12(17-15-8-4-3-5-9-15)14-7-6-10-16(11-14)18-13(2)19/h4,6-8,10-12,15,17H,3,5,9H2,1-2H3,(H,18,19). The smallest absolute Gasteiger partial charge is 0.221 e. The zero-order valence-corrected chi connectivity index (χ0v) is 11.6.